The molecule has 0 bridgehead atoms. The number of hydrogen-bond donors (Lipinski definition) is 1. The number of amides is 1. The van der Waals surface area contributed by atoms with E-state index in [0.29, 0.717) is 18.2 Å². The molecule has 0 aliphatic carbocycles. The fourth-order valence-electron chi connectivity index (χ4n) is 1.73. The van der Waals surface area contributed by atoms with Crippen LogP contribution in [0, 0.1) is 0 Å². The lowest BCUT2D eigenvalue weighted by Crippen LogP contribution is -2.52. The zero-order valence-electron chi connectivity index (χ0n) is 11.0. The molecule has 1 aromatic heterocycles. The minimum Gasteiger partial charge on any atom is -0.302 e. The Balaban J connectivity index is 1.97. The average Bonchev–Trinajstić information content (AvgIpc) is 2.62. The summed E-state index contributed by atoms with van der Waals surface area (Å²) >= 11 is 1.35. The van der Waals surface area contributed by atoms with Crippen molar-refractivity contribution in [3.63, 3.8) is 0 Å². The number of thiazole rings is 1. The Labute approximate surface area is 116 Å². The van der Waals surface area contributed by atoms with Crippen LogP contribution in [0.5, 0.6) is 0 Å². The summed E-state index contributed by atoms with van der Waals surface area (Å²) in [5, 5.41) is 5.03. The van der Waals surface area contributed by atoms with Crippen LogP contribution in [0.3, 0.4) is 0 Å². The van der Waals surface area contributed by atoms with Crippen LogP contribution >= 0.6 is 11.3 Å². The largest absolute Gasteiger partial charge is 0.302 e. The normalized spacial score (nSPS) is 17.5. The van der Waals surface area contributed by atoms with E-state index < -0.39 is 10.2 Å². The topological polar surface area (TPSA) is 82.6 Å². The maximum atomic E-state index is 11.8. The predicted octanol–water partition coefficient (Wildman–Crippen LogP) is 0.307. The summed E-state index contributed by atoms with van der Waals surface area (Å²) in [4.78, 5) is 15.2. The standard InChI is InChI=1S/C10H16N4O3S2/c1-7(15)11-10-12-9(6-18-10)8-4-14(5-8)19(16,17)13(2)3/h6,8H,4-5H2,1-3H3,(H,11,12,15). The van der Waals surface area contributed by atoms with E-state index >= 15 is 0 Å². The minimum absolute atomic E-state index is 0.105. The van der Waals surface area contributed by atoms with Gasteiger partial charge in [0.25, 0.3) is 10.2 Å². The monoisotopic (exact) mass is 304 g/mol. The highest BCUT2D eigenvalue weighted by Crippen LogP contribution is 2.31. The van der Waals surface area contributed by atoms with Crippen molar-refractivity contribution in [1.29, 1.82) is 0 Å². The van der Waals surface area contributed by atoms with Crippen LogP contribution in [0.15, 0.2) is 5.38 Å². The van der Waals surface area contributed by atoms with Crippen LogP contribution in [-0.4, -0.2) is 55.1 Å². The van der Waals surface area contributed by atoms with Gasteiger partial charge in [-0.3, -0.25) is 4.79 Å². The molecule has 9 heteroatoms. The second-order valence-corrected chi connectivity index (χ2v) is 7.56. The molecule has 0 aromatic carbocycles. The Kier molecular flexibility index (Phi) is 3.90. The van der Waals surface area contributed by atoms with Gasteiger partial charge in [-0.25, -0.2) is 4.98 Å². The van der Waals surface area contributed by atoms with Gasteiger partial charge in [-0.15, -0.1) is 11.3 Å². The molecule has 106 valence electrons. The van der Waals surface area contributed by atoms with Crippen molar-refractivity contribution >= 4 is 32.6 Å². The quantitative estimate of drug-likeness (QED) is 0.867. The predicted molar refractivity (Wildman–Crippen MR) is 73.3 cm³/mol. The summed E-state index contributed by atoms with van der Waals surface area (Å²) in [5.41, 5.74) is 0.832. The van der Waals surface area contributed by atoms with Crippen molar-refractivity contribution in [2.24, 2.45) is 0 Å². The van der Waals surface area contributed by atoms with Crippen molar-refractivity contribution in [3.8, 4) is 0 Å². The van der Waals surface area contributed by atoms with Gasteiger partial charge in [0, 0.05) is 45.4 Å². The highest BCUT2D eigenvalue weighted by atomic mass is 32.2. The number of nitrogens with one attached hydrogen (secondary N) is 1. The minimum atomic E-state index is -3.32. The van der Waals surface area contributed by atoms with E-state index in [4.69, 9.17) is 0 Å². The van der Waals surface area contributed by atoms with Crippen molar-refractivity contribution in [2.75, 3.05) is 32.5 Å². The molecule has 0 unspecified atom stereocenters. The Hall–Kier alpha value is -1.03. The number of carbonyl (C=O) groups is 1. The molecule has 1 amide bonds. The Morgan fingerprint density at radius 1 is 1.53 bits per heavy atom. The van der Waals surface area contributed by atoms with Crippen LogP contribution in [-0.2, 0) is 15.0 Å². The van der Waals surface area contributed by atoms with Crippen molar-refractivity contribution in [1.82, 2.24) is 13.6 Å². The van der Waals surface area contributed by atoms with Crippen molar-refractivity contribution in [2.45, 2.75) is 12.8 Å². The van der Waals surface area contributed by atoms with Gasteiger partial charge in [0.15, 0.2) is 5.13 Å². The summed E-state index contributed by atoms with van der Waals surface area (Å²) in [6.45, 7) is 2.29. The fourth-order valence-corrected chi connectivity index (χ4v) is 3.76. The molecule has 1 saturated heterocycles. The first-order chi connectivity index (χ1) is 8.80. The van der Waals surface area contributed by atoms with Gasteiger partial charge in [-0.05, 0) is 0 Å². The number of aromatic nitrogens is 1. The molecule has 1 N–H and O–H groups in total. The molecule has 0 saturated carbocycles. The molecule has 0 atom stereocenters. The molecule has 1 aliphatic rings. The molecule has 2 rings (SSSR count). The molecule has 0 radical (unpaired) electrons. The molecule has 7 nitrogen and oxygen atoms in total. The molecule has 19 heavy (non-hydrogen) atoms. The number of carbonyl (C=O) groups excluding carboxylic acids is 1. The maximum Gasteiger partial charge on any atom is 0.281 e. The second-order valence-electron chi connectivity index (χ2n) is 4.56. The van der Waals surface area contributed by atoms with E-state index in [0.717, 1.165) is 5.69 Å². The lowest BCUT2D eigenvalue weighted by Gasteiger charge is -2.38. The zero-order chi connectivity index (χ0) is 14.2. The van der Waals surface area contributed by atoms with E-state index in [1.807, 2.05) is 5.38 Å². The third kappa shape index (κ3) is 2.94. The van der Waals surface area contributed by atoms with Crippen LogP contribution in [0.1, 0.15) is 18.5 Å². The zero-order valence-corrected chi connectivity index (χ0v) is 12.6. The first-order valence-corrected chi connectivity index (χ1v) is 7.99. The number of nitrogens with zero attached hydrogens (tertiary/aromatic N) is 3. The van der Waals surface area contributed by atoms with Gasteiger partial charge < -0.3 is 5.32 Å². The van der Waals surface area contributed by atoms with Crippen LogP contribution < -0.4 is 5.32 Å². The first-order valence-electron chi connectivity index (χ1n) is 5.71. The third-order valence-corrected chi connectivity index (χ3v) is 5.51. The average molecular weight is 304 g/mol. The fraction of sp³-hybridized carbons (Fsp3) is 0.600. The number of rotatable bonds is 4. The first kappa shape index (κ1) is 14.4. The molecule has 1 aromatic rings. The van der Waals surface area contributed by atoms with Crippen LogP contribution in [0.25, 0.3) is 0 Å². The summed E-state index contributed by atoms with van der Waals surface area (Å²) in [7, 11) is -0.292. The Morgan fingerprint density at radius 3 is 2.68 bits per heavy atom. The maximum absolute atomic E-state index is 11.8. The van der Waals surface area contributed by atoms with Crippen LogP contribution in [0.2, 0.25) is 0 Å². The van der Waals surface area contributed by atoms with E-state index in [2.05, 4.69) is 10.3 Å². The molecule has 1 fully saturated rings. The van der Waals surface area contributed by atoms with Gasteiger partial charge in [-0.1, -0.05) is 0 Å². The van der Waals surface area contributed by atoms with Crippen molar-refractivity contribution in [3.05, 3.63) is 11.1 Å². The van der Waals surface area contributed by atoms with Crippen molar-refractivity contribution < 1.29 is 13.2 Å². The molecule has 0 spiro atoms. The van der Waals surface area contributed by atoms with Gasteiger partial charge in [0.2, 0.25) is 5.91 Å². The van der Waals surface area contributed by atoms with Gasteiger partial charge in [0.1, 0.15) is 0 Å². The highest BCUT2D eigenvalue weighted by molar-refractivity contribution is 7.86. The lowest BCUT2D eigenvalue weighted by molar-refractivity contribution is -0.114. The Bertz CT molecular complexity index is 575. The smallest absolute Gasteiger partial charge is 0.281 e. The summed E-state index contributed by atoms with van der Waals surface area (Å²) < 4.78 is 26.2. The van der Waals surface area contributed by atoms with Gasteiger partial charge >= 0.3 is 0 Å². The number of anilines is 1. The highest BCUT2D eigenvalue weighted by Gasteiger charge is 2.38. The molecule has 1 aliphatic heterocycles. The summed E-state index contributed by atoms with van der Waals surface area (Å²) in [6.07, 6.45) is 0. The van der Waals surface area contributed by atoms with E-state index in [9.17, 15) is 13.2 Å². The van der Waals surface area contributed by atoms with E-state index in [1.165, 1.54) is 41.0 Å². The van der Waals surface area contributed by atoms with Gasteiger partial charge in [-0.2, -0.15) is 17.0 Å². The molecular formula is C10H16N4O3S2. The molecule has 2 heterocycles. The van der Waals surface area contributed by atoms with E-state index in [-0.39, 0.29) is 11.8 Å². The Morgan fingerprint density at radius 2 is 2.16 bits per heavy atom. The SMILES string of the molecule is CC(=O)Nc1nc(C2CN(S(=O)(=O)N(C)C)C2)cs1. The van der Waals surface area contributed by atoms with Gasteiger partial charge in [0.05, 0.1) is 5.69 Å². The third-order valence-electron chi connectivity index (χ3n) is 2.86. The second kappa shape index (κ2) is 5.16. The summed E-state index contributed by atoms with van der Waals surface area (Å²) in [6, 6.07) is 0. The van der Waals surface area contributed by atoms with Crippen LogP contribution in [0.4, 0.5) is 5.13 Å². The van der Waals surface area contributed by atoms with E-state index in [1.54, 1.807) is 0 Å². The number of hydrogen-bond acceptors (Lipinski definition) is 5. The lowest BCUT2D eigenvalue weighted by atomic mass is 10.0. The molecular weight excluding hydrogens is 288 g/mol. The summed E-state index contributed by atoms with van der Waals surface area (Å²) in [5.74, 6) is -0.0557.